The Morgan fingerprint density at radius 2 is 2.14 bits per heavy atom. The van der Waals surface area contributed by atoms with E-state index < -0.39 is 0 Å². The molecule has 0 bridgehead atoms. The first-order valence-corrected chi connectivity index (χ1v) is 6.11. The van der Waals surface area contributed by atoms with E-state index in [2.05, 4.69) is 31.1 Å². The molecule has 1 unspecified atom stereocenters. The maximum absolute atomic E-state index is 4.59. The summed E-state index contributed by atoms with van der Waals surface area (Å²) in [4.78, 5) is 5.93. The maximum atomic E-state index is 4.59. The molecule has 0 aliphatic carbocycles. The number of hydrogen-bond donors (Lipinski definition) is 1. The van der Waals surface area contributed by atoms with Gasteiger partial charge in [0.2, 0.25) is 0 Å². The van der Waals surface area contributed by atoms with Crippen molar-refractivity contribution in [2.24, 2.45) is 0 Å². The number of rotatable bonds is 5. The predicted molar refractivity (Wildman–Crippen MR) is 62.9 cm³/mol. The van der Waals surface area contributed by atoms with Gasteiger partial charge in [-0.05, 0) is 27.3 Å². The molecular weight excluding hydrogens is 192 g/mol. The summed E-state index contributed by atoms with van der Waals surface area (Å²) in [5.41, 5.74) is 1.18. The molecule has 0 spiro atoms. The van der Waals surface area contributed by atoms with Crippen LogP contribution in [0.25, 0.3) is 0 Å². The van der Waals surface area contributed by atoms with Crippen LogP contribution in [0.5, 0.6) is 0 Å². The topological polar surface area (TPSA) is 24.9 Å². The number of hydrogen-bond acceptors (Lipinski definition) is 3. The second-order valence-corrected chi connectivity index (χ2v) is 4.91. The van der Waals surface area contributed by atoms with E-state index in [1.165, 1.54) is 34.8 Å². The zero-order valence-electron chi connectivity index (χ0n) is 9.55. The molecule has 0 fully saturated rings. The number of nitrogens with zero attached hydrogens (tertiary/aromatic N) is 1. The van der Waals surface area contributed by atoms with Crippen LogP contribution in [0, 0.1) is 13.8 Å². The van der Waals surface area contributed by atoms with Gasteiger partial charge in [0.25, 0.3) is 0 Å². The fourth-order valence-electron chi connectivity index (χ4n) is 1.45. The lowest BCUT2D eigenvalue weighted by atomic mass is 10.1. The lowest BCUT2D eigenvalue weighted by Crippen LogP contribution is -2.15. The lowest BCUT2D eigenvalue weighted by molar-refractivity contribution is 0.520. The first kappa shape index (κ1) is 11.7. The van der Waals surface area contributed by atoms with Gasteiger partial charge in [-0.3, -0.25) is 0 Å². The molecule has 1 rings (SSSR count). The number of aryl methyl sites for hydroxylation is 2. The van der Waals surface area contributed by atoms with Crippen molar-refractivity contribution in [3.63, 3.8) is 0 Å². The van der Waals surface area contributed by atoms with Gasteiger partial charge in [-0.1, -0.05) is 19.8 Å². The van der Waals surface area contributed by atoms with E-state index in [1.807, 2.05) is 18.4 Å². The van der Waals surface area contributed by atoms with Crippen molar-refractivity contribution in [1.82, 2.24) is 10.3 Å². The highest BCUT2D eigenvalue weighted by Gasteiger charge is 2.13. The van der Waals surface area contributed by atoms with E-state index in [-0.39, 0.29) is 0 Å². The van der Waals surface area contributed by atoms with Crippen LogP contribution in [0.2, 0.25) is 0 Å². The fourth-order valence-corrected chi connectivity index (χ4v) is 2.51. The van der Waals surface area contributed by atoms with Crippen molar-refractivity contribution in [1.29, 1.82) is 0 Å². The van der Waals surface area contributed by atoms with E-state index >= 15 is 0 Å². The van der Waals surface area contributed by atoms with Crippen LogP contribution < -0.4 is 5.32 Å². The summed E-state index contributed by atoms with van der Waals surface area (Å²) in [6.07, 6.45) is 3.71. The third kappa shape index (κ3) is 2.79. The average Bonchev–Trinajstić information content (AvgIpc) is 2.48. The molecule has 1 atom stereocenters. The third-order valence-corrected chi connectivity index (χ3v) is 3.72. The molecule has 1 aromatic rings. The van der Waals surface area contributed by atoms with Gasteiger partial charge in [-0.2, -0.15) is 0 Å². The van der Waals surface area contributed by atoms with Crippen LogP contribution >= 0.6 is 11.3 Å². The molecule has 0 radical (unpaired) electrons. The molecule has 80 valence electrons. The Labute approximate surface area is 90.8 Å². The first-order chi connectivity index (χ1) is 6.69. The van der Waals surface area contributed by atoms with Gasteiger partial charge in [-0.15, -0.1) is 11.3 Å². The second kappa shape index (κ2) is 5.47. The number of aromatic nitrogens is 1. The van der Waals surface area contributed by atoms with Gasteiger partial charge in [-0.25, -0.2) is 4.98 Å². The van der Waals surface area contributed by atoms with Crippen molar-refractivity contribution < 1.29 is 0 Å². The second-order valence-electron chi connectivity index (χ2n) is 3.68. The SMILES string of the molecule is CCCCC(NC)c1nc(C)c(C)s1. The van der Waals surface area contributed by atoms with Gasteiger partial charge in [0.15, 0.2) is 0 Å². The highest BCUT2D eigenvalue weighted by molar-refractivity contribution is 7.11. The Balaban J connectivity index is 2.68. The molecule has 0 amide bonds. The molecule has 1 aromatic heterocycles. The molecule has 2 nitrogen and oxygen atoms in total. The molecular formula is C11H20N2S. The van der Waals surface area contributed by atoms with Crippen molar-refractivity contribution in [3.05, 3.63) is 15.6 Å². The van der Waals surface area contributed by atoms with Crippen molar-refractivity contribution in [2.45, 2.75) is 46.1 Å². The third-order valence-electron chi connectivity index (χ3n) is 2.54. The molecule has 1 heterocycles. The van der Waals surface area contributed by atoms with E-state index in [0.717, 1.165) is 0 Å². The molecule has 3 heteroatoms. The van der Waals surface area contributed by atoms with Crippen LogP contribution in [0.4, 0.5) is 0 Å². The number of thiazole rings is 1. The van der Waals surface area contributed by atoms with E-state index in [0.29, 0.717) is 6.04 Å². The van der Waals surface area contributed by atoms with Crippen LogP contribution in [0.15, 0.2) is 0 Å². The Hall–Kier alpha value is -0.410. The summed E-state index contributed by atoms with van der Waals surface area (Å²) < 4.78 is 0. The summed E-state index contributed by atoms with van der Waals surface area (Å²) in [6, 6.07) is 0.451. The number of nitrogens with one attached hydrogen (secondary N) is 1. The number of unbranched alkanes of at least 4 members (excludes halogenated alkanes) is 1. The first-order valence-electron chi connectivity index (χ1n) is 5.30. The summed E-state index contributed by atoms with van der Waals surface area (Å²) in [6.45, 7) is 6.45. The summed E-state index contributed by atoms with van der Waals surface area (Å²) in [5.74, 6) is 0. The predicted octanol–water partition coefficient (Wildman–Crippen LogP) is 3.21. The van der Waals surface area contributed by atoms with Crippen LogP contribution in [0.3, 0.4) is 0 Å². The normalized spacial score (nSPS) is 13.1. The smallest absolute Gasteiger partial charge is 0.110 e. The van der Waals surface area contributed by atoms with Crippen molar-refractivity contribution in [2.75, 3.05) is 7.05 Å². The zero-order valence-corrected chi connectivity index (χ0v) is 10.4. The standard InChI is InChI=1S/C11H20N2S/c1-5-6-7-10(12-4)11-13-8(2)9(3)14-11/h10,12H,5-7H2,1-4H3. The Kier molecular flexibility index (Phi) is 4.55. The van der Waals surface area contributed by atoms with Gasteiger partial charge in [0.05, 0.1) is 11.7 Å². The fraction of sp³-hybridized carbons (Fsp3) is 0.727. The molecule has 0 saturated heterocycles. The Morgan fingerprint density at radius 1 is 1.43 bits per heavy atom. The molecule has 0 aromatic carbocycles. The summed E-state index contributed by atoms with van der Waals surface area (Å²) in [5, 5.41) is 4.59. The molecule has 0 aliphatic rings. The van der Waals surface area contributed by atoms with E-state index in [9.17, 15) is 0 Å². The van der Waals surface area contributed by atoms with Gasteiger partial charge in [0, 0.05) is 4.88 Å². The monoisotopic (exact) mass is 212 g/mol. The summed E-state index contributed by atoms with van der Waals surface area (Å²) in [7, 11) is 2.02. The minimum atomic E-state index is 0.451. The van der Waals surface area contributed by atoms with Gasteiger partial charge < -0.3 is 5.32 Å². The highest BCUT2D eigenvalue weighted by atomic mass is 32.1. The van der Waals surface area contributed by atoms with E-state index in [1.54, 1.807) is 0 Å². The van der Waals surface area contributed by atoms with Crippen LogP contribution in [-0.4, -0.2) is 12.0 Å². The van der Waals surface area contributed by atoms with Crippen LogP contribution in [-0.2, 0) is 0 Å². The minimum absolute atomic E-state index is 0.451. The quantitative estimate of drug-likeness (QED) is 0.810. The zero-order chi connectivity index (χ0) is 10.6. The molecule has 0 aliphatic heterocycles. The highest BCUT2D eigenvalue weighted by Crippen LogP contribution is 2.25. The molecule has 0 saturated carbocycles. The van der Waals surface area contributed by atoms with Crippen molar-refractivity contribution >= 4 is 11.3 Å². The Bertz CT molecular complexity index is 261. The minimum Gasteiger partial charge on any atom is -0.311 e. The van der Waals surface area contributed by atoms with Crippen LogP contribution in [0.1, 0.15) is 47.8 Å². The molecule has 14 heavy (non-hydrogen) atoms. The van der Waals surface area contributed by atoms with Gasteiger partial charge >= 0.3 is 0 Å². The van der Waals surface area contributed by atoms with Gasteiger partial charge in [0.1, 0.15) is 5.01 Å². The maximum Gasteiger partial charge on any atom is 0.110 e. The molecule has 1 N–H and O–H groups in total. The van der Waals surface area contributed by atoms with E-state index in [4.69, 9.17) is 0 Å². The lowest BCUT2D eigenvalue weighted by Gasteiger charge is -2.12. The average molecular weight is 212 g/mol. The largest absolute Gasteiger partial charge is 0.311 e. The van der Waals surface area contributed by atoms with Crippen molar-refractivity contribution in [3.8, 4) is 0 Å². The Morgan fingerprint density at radius 3 is 2.57 bits per heavy atom. The summed E-state index contributed by atoms with van der Waals surface area (Å²) >= 11 is 1.82.